The molecular formula is C33H31FN4O3S. The number of hydrogen-bond acceptors (Lipinski definition) is 7. The second kappa shape index (κ2) is 9.94. The number of fused-ring (bicyclic) bond motifs is 2. The molecule has 7 nitrogen and oxygen atoms in total. The number of rotatable bonds is 5. The van der Waals surface area contributed by atoms with E-state index >= 15 is 4.39 Å². The number of thiazole rings is 1. The summed E-state index contributed by atoms with van der Waals surface area (Å²) >= 11 is 1.61. The number of aromatic nitrogens is 2. The predicted octanol–water partition coefficient (Wildman–Crippen LogP) is 8.17. The number of amides is 1. The molecule has 1 spiro atoms. The minimum absolute atomic E-state index is 0.0138. The van der Waals surface area contributed by atoms with Crippen LogP contribution < -0.4 is 10.1 Å². The molecule has 1 saturated carbocycles. The average Bonchev–Trinajstić information content (AvgIpc) is 3.36. The molecule has 0 bridgehead atoms. The van der Waals surface area contributed by atoms with E-state index in [4.69, 9.17) is 9.47 Å². The molecule has 1 saturated heterocycles. The number of hydrogen-bond donors (Lipinski definition) is 1. The molecule has 2 aliphatic rings. The third-order valence-electron chi connectivity index (χ3n) is 7.93. The van der Waals surface area contributed by atoms with Gasteiger partial charge in [0, 0.05) is 53.1 Å². The summed E-state index contributed by atoms with van der Waals surface area (Å²) in [6.45, 7) is 6.98. The van der Waals surface area contributed by atoms with Crippen molar-refractivity contribution in [3.05, 3.63) is 78.2 Å². The van der Waals surface area contributed by atoms with E-state index in [2.05, 4.69) is 21.4 Å². The highest BCUT2D eigenvalue weighted by molar-refractivity contribution is 7.16. The van der Waals surface area contributed by atoms with Gasteiger partial charge >= 0.3 is 6.09 Å². The van der Waals surface area contributed by atoms with Crippen LogP contribution in [0.5, 0.6) is 5.75 Å². The third kappa shape index (κ3) is 5.13. The van der Waals surface area contributed by atoms with Crippen LogP contribution >= 0.6 is 11.3 Å². The van der Waals surface area contributed by atoms with Gasteiger partial charge in [0.25, 0.3) is 0 Å². The minimum Gasteiger partial charge on any atom is -0.490 e. The Kier molecular flexibility index (Phi) is 6.31. The Hall–Kier alpha value is -4.24. The zero-order valence-electron chi connectivity index (χ0n) is 23.7. The van der Waals surface area contributed by atoms with Crippen molar-refractivity contribution in [1.29, 1.82) is 0 Å². The number of nitrogens with one attached hydrogen (secondary N) is 1. The Balaban J connectivity index is 1.03. The lowest BCUT2D eigenvalue weighted by Crippen LogP contribution is -2.66. The summed E-state index contributed by atoms with van der Waals surface area (Å²) in [4.78, 5) is 22.9. The number of pyridine rings is 1. The topological polar surface area (TPSA) is 76.6 Å². The summed E-state index contributed by atoms with van der Waals surface area (Å²) in [5.41, 5.74) is 6.27. The highest BCUT2D eigenvalue weighted by Gasteiger charge is 2.55. The van der Waals surface area contributed by atoms with Crippen molar-refractivity contribution < 1.29 is 18.7 Å². The number of nitrogens with zero attached hydrogens (tertiary/aromatic N) is 3. The molecule has 0 radical (unpaired) electrons. The summed E-state index contributed by atoms with van der Waals surface area (Å²) in [5.74, 6) is 0.176. The molecule has 214 valence electrons. The zero-order chi connectivity index (χ0) is 29.1. The van der Waals surface area contributed by atoms with Crippen molar-refractivity contribution in [2.45, 2.75) is 45.3 Å². The highest BCUT2D eigenvalue weighted by atomic mass is 32.1. The number of carbonyl (C=O) groups excluding carboxylic acids is 1. The quantitative estimate of drug-likeness (QED) is 0.225. The second-order valence-corrected chi connectivity index (χ2v) is 13.3. The van der Waals surface area contributed by atoms with Gasteiger partial charge in [-0.05, 0) is 87.7 Å². The molecule has 2 fully saturated rings. The molecule has 3 aromatic carbocycles. The maximum Gasteiger partial charge on any atom is 0.410 e. The Bertz CT molecular complexity index is 1820. The van der Waals surface area contributed by atoms with Crippen LogP contribution in [0.3, 0.4) is 0 Å². The Morgan fingerprint density at radius 1 is 1.02 bits per heavy atom. The van der Waals surface area contributed by atoms with E-state index in [0.29, 0.717) is 24.4 Å². The summed E-state index contributed by atoms with van der Waals surface area (Å²) in [5, 5.41) is 4.38. The lowest BCUT2D eigenvalue weighted by atomic mass is 9.62. The van der Waals surface area contributed by atoms with Crippen LogP contribution in [-0.4, -0.2) is 45.8 Å². The molecule has 1 amide bonds. The monoisotopic (exact) mass is 582 g/mol. The lowest BCUT2D eigenvalue weighted by Gasteiger charge is -2.58. The van der Waals surface area contributed by atoms with Gasteiger partial charge in [0.05, 0.1) is 21.2 Å². The van der Waals surface area contributed by atoms with E-state index in [9.17, 15) is 4.79 Å². The van der Waals surface area contributed by atoms with Gasteiger partial charge < -0.3 is 19.7 Å². The lowest BCUT2D eigenvalue weighted by molar-refractivity contribution is -0.116. The largest absolute Gasteiger partial charge is 0.490 e. The van der Waals surface area contributed by atoms with E-state index in [1.807, 2.05) is 68.7 Å². The molecule has 1 aliphatic heterocycles. The van der Waals surface area contributed by atoms with Crippen LogP contribution in [0.25, 0.3) is 32.2 Å². The van der Waals surface area contributed by atoms with E-state index < -0.39 is 5.60 Å². The first-order valence-corrected chi connectivity index (χ1v) is 14.9. The first-order valence-electron chi connectivity index (χ1n) is 14.1. The van der Waals surface area contributed by atoms with Crippen LogP contribution in [0.2, 0.25) is 0 Å². The smallest absolute Gasteiger partial charge is 0.410 e. The number of ether oxygens (including phenoxy) is 2. The average molecular weight is 583 g/mol. The maximum atomic E-state index is 15.4. The van der Waals surface area contributed by atoms with Gasteiger partial charge in [-0.3, -0.25) is 4.98 Å². The molecule has 3 heterocycles. The van der Waals surface area contributed by atoms with E-state index in [1.54, 1.807) is 28.5 Å². The number of halogens is 1. The summed E-state index contributed by atoms with van der Waals surface area (Å²) in [7, 11) is 0. The van der Waals surface area contributed by atoms with Gasteiger partial charge in [-0.15, -0.1) is 11.3 Å². The van der Waals surface area contributed by atoms with Crippen molar-refractivity contribution >= 4 is 49.9 Å². The zero-order valence-corrected chi connectivity index (χ0v) is 24.5. The molecule has 1 aliphatic carbocycles. The normalized spacial score (nSPS) is 16.3. The molecule has 7 rings (SSSR count). The maximum absolute atomic E-state index is 15.4. The Morgan fingerprint density at radius 2 is 1.86 bits per heavy atom. The summed E-state index contributed by atoms with van der Waals surface area (Å²) in [6, 6.07) is 18.9. The highest BCUT2D eigenvalue weighted by Crippen LogP contribution is 2.50. The molecule has 9 heteroatoms. The van der Waals surface area contributed by atoms with Crippen molar-refractivity contribution in [2.75, 3.05) is 18.4 Å². The first-order chi connectivity index (χ1) is 20.1. The van der Waals surface area contributed by atoms with Crippen LogP contribution in [-0.2, 0) is 4.74 Å². The fraction of sp³-hybridized carbons (Fsp3) is 0.303. The molecule has 1 N–H and O–H groups in total. The summed E-state index contributed by atoms with van der Waals surface area (Å²) < 4.78 is 28.1. The van der Waals surface area contributed by atoms with Gasteiger partial charge in [-0.1, -0.05) is 6.07 Å². The van der Waals surface area contributed by atoms with Crippen LogP contribution in [0.1, 0.15) is 33.6 Å². The fourth-order valence-electron chi connectivity index (χ4n) is 5.98. The fourth-order valence-corrected chi connectivity index (χ4v) is 6.64. The van der Waals surface area contributed by atoms with Crippen molar-refractivity contribution in [3.8, 4) is 16.9 Å². The van der Waals surface area contributed by atoms with E-state index in [0.717, 1.165) is 50.9 Å². The SMILES string of the molecule is CC(C)(C)OC(=O)N1CC2(CC(Oc3ccc(-c4ccc5nccc(Nc6ccc7scnc7c6)c5c4)c(F)c3)C2)C1. The Morgan fingerprint density at radius 3 is 2.64 bits per heavy atom. The van der Waals surface area contributed by atoms with E-state index in [1.165, 1.54) is 6.07 Å². The van der Waals surface area contributed by atoms with Gasteiger partial charge in [-0.25, -0.2) is 14.2 Å². The van der Waals surface area contributed by atoms with Gasteiger partial charge in [0.2, 0.25) is 0 Å². The molecule has 0 unspecified atom stereocenters. The Labute approximate surface area is 247 Å². The summed E-state index contributed by atoms with van der Waals surface area (Å²) in [6.07, 6.45) is 3.21. The number of benzene rings is 3. The molecule has 0 atom stereocenters. The molecule has 42 heavy (non-hydrogen) atoms. The van der Waals surface area contributed by atoms with Gasteiger partial charge in [0.15, 0.2) is 0 Å². The van der Waals surface area contributed by atoms with Crippen LogP contribution in [0.4, 0.5) is 20.6 Å². The molecular weight excluding hydrogens is 551 g/mol. The van der Waals surface area contributed by atoms with Crippen LogP contribution in [0.15, 0.2) is 72.4 Å². The van der Waals surface area contributed by atoms with Crippen molar-refractivity contribution in [1.82, 2.24) is 14.9 Å². The first kappa shape index (κ1) is 26.6. The molecule has 2 aromatic heterocycles. The van der Waals surface area contributed by atoms with Gasteiger partial charge in [-0.2, -0.15) is 0 Å². The standard InChI is InChI=1S/C33H31FN4O3S/c1-32(2,3)41-31(39)38-17-33(18-38)15-23(16-33)40-22-6-7-24(26(34)14-22)20-4-8-27-25(12-20)28(10-11-35-27)37-21-5-9-30-29(13-21)36-19-42-30/h4-14,19,23H,15-18H2,1-3H3,(H,35,37). The van der Waals surface area contributed by atoms with E-state index in [-0.39, 0.29) is 23.4 Å². The third-order valence-corrected chi connectivity index (χ3v) is 8.74. The van der Waals surface area contributed by atoms with Crippen molar-refractivity contribution in [2.24, 2.45) is 5.41 Å². The molecule has 5 aromatic rings. The van der Waals surface area contributed by atoms with Crippen molar-refractivity contribution in [3.63, 3.8) is 0 Å². The second-order valence-electron chi connectivity index (χ2n) is 12.4. The number of likely N-dealkylation sites (tertiary alicyclic amines) is 1. The predicted molar refractivity (Wildman–Crippen MR) is 164 cm³/mol. The number of carbonyl (C=O) groups is 1. The minimum atomic E-state index is -0.498. The number of anilines is 2. The van der Waals surface area contributed by atoms with Crippen LogP contribution in [0, 0.1) is 11.2 Å². The van der Waals surface area contributed by atoms with Gasteiger partial charge in [0.1, 0.15) is 23.3 Å².